The lowest BCUT2D eigenvalue weighted by Crippen LogP contribution is -2.20. The molecule has 0 bridgehead atoms. The summed E-state index contributed by atoms with van der Waals surface area (Å²) in [7, 11) is 1.66. The van der Waals surface area contributed by atoms with Crippen LogP contribution in [0.5, 0.6) is 0 Å². The lowest BCUT2D eigenvalue weighted by molar-refractivity contribution is 0.190. The highest BCUT2D eigenvalue weighted by molar-refractivity contribution is 5.63. The first-order chi connectivity index (χ1) is 12.9. The molecule has 1 aromatic heterocycles. The van der Waals surface area contributed by atoms with Crippen LogP contribution in [0.4, 0.5) is 26.1 Å². The summed E-state index contributed by atoms with van der Waals surface area (Å²) in [5, 5.41) is 10.7. The van der Waals surface area contributed by atoms with Crippen molar-refractivity contribution in [2.24, 2.45) is 0 Å². The molecule has 8 heteroatoms. The molecule has 0 aliphatic heterocycles. The van der Waals surface area contributed by atoms with E-state index in [0.29, 0.717) is 12.6 Å². The minimum atomic E-state index is -0.672. The van der Waals surface area contributed by atoms with E-state index in [2.05, 4.69) is 20.7 Å². The van der Waals surface area contributed by atoms with E-state index in [-0.39, 0.29) is 11.7 Å². The Labute approximate surface area is 156 Å². The largest absolute Gasteiger partial charge is 0.383 e. The molecular weight excluding hydrogens is 352 g/mol. The van der Waals surface area contributed by atoms with Crippen LogP contribution in [0.3, 0.4) is 0 Å². The molecule has 0 fully saturated rings. The van der Waals surface area contributed by atoms with E-state index < -0.39 is 11.6 Å². The molecule has 0 saturated heterocycles. The second-order valence-electron chi connectivity index (χ2n) is 6.35. The highest BCUT2D eigenvalue weighted by Crippen LogP contribution is 2.22. The zero-order chi connectivity index (χ0) is 19.4. The number of anilines is 3. The van der Waals surface area contributed by atoms with Crippen LogP contribution in [-0.4, -0.2) is 34.5 Å². The van der Waals surface area contributed by atoms with E-state index in [1.807, 2.05) is 32.0 Å². The average molecular weight is 373 g/mol. The van der Waals surface area contributed by atoms with Gasteiger partial charge in [-0.3, -0.25) is 0 Å². The summed E-state index contributed by atoms with van der Waals surface area (Å²) < 4.78 is 33.2. The number of methoxy groups -OCH3 is 1. The zero-order valence-corrected chi connectivity index (χ0v) is 15.3. The van der Waals surface area contributed by atoms with Gasteiger partial charge < -0.3 is 15.4 Å². The molecule has 0 spiro atoms. The third-order valence-electron chi connectivity index (χ3n) is 3.77. The van der Waals surface area contributed by atoms with Crippen molar-refractivity contribution >= 4 is 17.3 Å². The molecular formula is C19H21F2N5O. The van der Waals surface area contributed by atoms with Gasteiger partial charge in [0.1, 0.15) is 18.0 Å². The van der Waals surface area contributed by atoms with E-state index in [1.165, 1.54) is 23.1 Å². The topological polar surface area (TPSA) is 64.0 Å². The monoisotopic (exact) mass is 373 g/mol. The summed E-state index contributed by atoms with van der Waals surface area (Å²) in [5.74, 6) is -1.02. The van der Waals surface area contributed by atoms with Gasteiger partial charge in [0.05, 0.1) is 12.3 Å². The van der Waals surface area contributed by atoms with Crippen molar-refractivity contribution in [2.45, 2.75) is 19.9 Å². The van der Waals surface area contributed by atoms with Gasteiger partial charge in [0.15, 0.2) is 0 Å². The van der Waals surface area contributed by atoms with Gasteiger partial charge in [0.25, 0.3) is 0 Å². The molecule has 0 saturated carbocycles. The molecule has 0 aliphatic rings. The molecule has 1 atom stereocenters. The fourth-order valence-electron chi connectivity index (χ4n) is 2.76. The Balaban J connectivity index is 1.78. The minimum Gasteiger partial charge on any atom is -0.383 e. The molecule has 1 heterocycles. The van der Waals surface area contributed by atoms with E-state index in [0.717, 1.165) is 23.0 Å². The molecule has 0 aliphatic carbocycles. The van der Waals surface area contributed by atoms with E-state index >= 15 is 0 Å². The van der Waals surface area contributed by atoms with Gasteiger partial charge in [-0.1, -0.05) is 0 Å². The fraction of sp³-hybridized carbons (Fsp3) is 0.263. The van der Waals surface area contributed by atoms with Crippen LogP contribution < -0.4 is 10.6 Å². The maximum Gasteiger partial charge on any atom is 0.246 e. The second kappa shape index (κ2) is 8.13. The Kier molecular flexibility index (Phi) is 5.66. The summed E-state index contributed by atoms with van der Waals surface area (Å²) in [4.78, 5) is 4.15. The Morgan fingerprint density at radius 2 is 1.78 bits per heavy atom. The number of hydrogen-bond donors (Lipinski definition) is 2. The normalized spacial score (nSPS) is 12.0. The standard InChI is InChI=1S/C19H21F2N5O/c1-12-4-16(23-13(2)10-27-3)9-17(5-12)24-19-22-11-26(25-19)18-7-14(20)6-15(21)8-18/h4-9,11,13,23H,10H2,1-3H3,(H,24,25)/t13-/m0/s1. The number of rotatable bonds is 7. The van der Waals surface area contributed by atoms with Crippen LogP contribution in [0.1, 0.15) is 12.5 Å². The number of ether oxygens (including phenoxy) is 1. The molecule has 142 valence electrons. The molecule has 0 amide bonds. The first-order valence-electron chi connectivity index (χ1n) is 8.45. The van der Waals surface area contributed by atoms with Gasteiger partial charge in [-0.05, 0) is 49.7 Å². The maximum absolute atomic E-state index is 13.4. The number of halogens is 2. The van der Waals surface area contributed by atoms with Crippen LogP contribution >= 0.6 is 0 Å². The number of aryl methyl sites for hydroxylation is 1. The Morgan fingerprint density at radius 1 is 1.07 bits per heavy atom. The van der Waals surface area contributed by atoms with Gasteiger partial charge in [-0.2, -0.15) is 4.98 Å². The number of nitrogens with zero attached hydrogens (tertiary/aromatic N) is 3. The Hall–Kier alpha value is -3.00. The van der Waals surface area contributed by atoms with Crippen LogP contribution in [0.2, 0.25) is 0 Å². The lowest BCUT2D eigenvalue weighted by Gasteiger charge is -2.16. The summed E-state index contributed by atoms with van der Waals surface area (Å²) in [5.41, 5.74) is 3.05. The highest BCUT2D eigenvalue weighted by atomic mass is 19.1. The molecule has 27 heavy (non-hydrogen) atoms. The van der Waals surface area contributed by atoms with Crippen molar-refractivity contribution in [3.8, 4) is 5.69 Å². The summed E-state index contributed by atoms with van der Waals surface area (Å²) in [6, 6.07) is 9.26. The summed E-state index contributed by atoms with van der Waals surface area (Å²) in [6.45, 7) is 4.60. The summed E-state index contributed by atoms with van der Waals surface area (Å²) >= 11 is 0. The highest BCUT2D eigenvalue weighted by Gasteiger charge is 2.08. The van der Waals surface area contributed by atoms with Crippen LogP contribution in [0.15, 0.2) is 42.7 Å². The molecule has 3 rings (SSSR count). The number of benzene rings is 2. The predicted octanol–water partition coefficient (Wildman–Crippen LogP) is 4.04. The molecule has 3 aromatic rings. The van der Waals surface area contributed by atoms with Gasteiger partial charge in [0.2, 0.25) is 5.95 Å². The van der Waals surface area contributed by atoms with Gasteiger partial charge in [-0.15, -0.1) is 5.10 Å². The number of hydrogen-bond acceptors (Lipinski definition) is 5. The summed E-state index contributed by atoms with van der Waals surface area (Å²) in [6.07, 6.45) is 1.40. The van der Waals surface area contributed by atoms with Crippen molar-refractivity contribution in [2.75, 3.05) is 24.4 Å². The average Bonchev–Trinajstić information content (AvgIpc) is 3.02. The first-order valence-corrected chi connectivity index (χ1v) is 8.45. The van der Waals surface area contributed by atoms with Crippen LogP contribution in [0, 0.1) is 18.6 Å². The number of aromatic nitrogens is 3. The van der Waals surface area contributed by atoms with Gasteiger partial charge >= 0.3 is 0 Å². The third kappa shape index (κ3) is 5.01. The smallest absolute Gasteiger partial charge is 0.246 e. The van der Waals surface area contributed by atoms with Crippen LogP contribution in [0.25, 0.3) is 5.69 Å². The molecule has 0 radical (unpaired) electrons. The van der Waals surface area contributed by atoms with Gasteiger partial charge in [-0.25, -0.2) is 13.5 Å². The van der Waals surface area contributed by atoms with Crippen molar-refractivity contribution < 1.29 is 13.5 Å². The Morgan fingerprint density at radius 3 is 2.48 bits per heavy atom. The lowest BCUT2D eigenvalue weighted by atomic mass is 10.2. The van der Waals surface area contributed by atoms with Crippen molar-refractivity contribution in [3.63, 3.8) is 0 Å². The van der Waals surface area contributed by atoms with E-state index in [9.17, 15) is 8.78 Å². The SMILES string of the molecule is COC[C@H](C)Nc1cc(C)cc(Nc2ncn(-c3cc(F)cc(F)c3)n2)c1. The number of nitrogens with one attached hydrogen (secondary N) is 2. The molecule has 2 N–H and O–H groups in total. The fourth-order valence-corrected chi connectivity index (χ4v) is 2.76. The van der Waals surface area contributed by atoms with Crippen molar-refractivity contribution in [3.05, 3.63) is 59.9 Å². The maximum atomic E-state index is 13.4. The quantitative estimate of drug-likeness (QED) is 0.654. The molecule has 6 nitrogen and oxygen atoms in total. The van der Waals surface area contributed by atoms with E-state index in [4.69, 9.17) is 4.74 Å². The predicted molar refractivity (Wildman–Crippen MR) is 101 cm³/mol. The van der Waals surface area contributed by atoms with Crippen LogP contribution in [-0.2, 0) is 4.74 Å². The minimum absolute atomic E-state index is 0.157. The van der Waals surface area contributed by atoms with Crippen molar-refractivity contribution in [1.82, 2.24) is 14.8 Å². The van der Waals surface area contributed by atoms with Crippen molar-refractivity contribution in [1.29, 1.82) is 0 Å². The Bertz CT molecular complexity index is 908. The third-order valence-corrected chi connectivity index (χ3v) is 3.77. The molecule has 2 aromatic carbocycles. The second-order valence-corrected chi connectivity index (χ2v) is 6.35. The first kappa shape index (κ1) is 18.8. The molecule has 0 unspecified atom stereocenters. The van der Waals surface area contributed by atoms with Gasteiger partial charge in [0, 0.05) is 30.6 Å². The zero-order valence-electron chi connectivity index (χ0n) is 15.3. The van der Waals surface area contributed by atoms with E-state index in [1.54, 1.807) is 7.11 Å².